The molecule has 2 aromatic rings. The van der Waals surface area contributed by atoms with Crippen LogP contribution in [0.1, 0.15) is 25.1 Å². The summed E-state index contributed by atoms with van der Waals surface area (Å²) < 4.78 is 12.7. The van der Waals surface area contributed by atoms with Crippen LogP contribution in [0.3, 0.4) is 0 Å². The molecule has 2 rings (SSSR count). The summed E-state index contributed by atoms with van der Waals surface area (Å²) in [7, 11) is 1.62. The molecule has 0 fully saturated rings. The molecule has 0 radical (unpaired) electrons. The number of aromatic nitrogens is 1. The molecule has 0 spiro atoms. The van der Waals surface area contributed by atoms with Crippen molar-refractivity contribution in [3.63, 3.8) is 0 Å². The lowest BCUT2D eigenvalue weighted by molar-refractivity contribution is 0.409. The lowest BCUT2D eigenvalue weighted by atomic mass is 10.1. The van der Waals surface area contributed by atoms with Gasteiger partial charge in [0.15, 0.2) is 0 Å². The van der Waals surface area contributed by atoms with Gasteiger partial charge in [0.25, 0.3) is 0 Å². The molecule has 112 valence electrons. The molecule has 0 bridgehead atoms. The zero-order valence-corrected chi connectivity index (χ0v) is 14.9. The molecule has 0 aliphatic heterocycles. The Kier molecular flexibility index (Phi) is 5.61. The highest BCUT2D eigenvalue weighted by molar-refractivity contribution is 9.11. The van der Waals surface area contributed by atoms with E-state index < -0.39 is 0 Å². The lowest BCUT2D eigenvalue weighted by Gasteiger charge is -2.12. The number of benzene rings is 1. The standard InChI is InChI=1S/C15H16Br2N2O2/c1-3-12(18)13-5-4-9(8-19-13)21-15-7-10(16)14(20-2)6-11(15)17/h4-8,12H,3,18H2,1-2H3. The van der Waals surface area contributed by atoms with Gasteiger partial charge >= 0.3 is 0 Å². The SMILES string of the molecule is CCC(N)c1ccc(Oc2cc(Br)c(OC)cc2Br)cn1. The Morgan fingerprint density at radius 3 is 2.43 bits per heavy atom. The van der Waals surface area contributed by atoms with Gasteiger partial charge in [0.05, 0.1) is 27.9 Å². The average Bonchev–Trinajstić information content (AvgIpc) is 2.50. The Morgan fingerprint density at radius 2 is 1.86 bits per heavy atom. The van der Waals surface area contributed by atoms with Crippen LogP contribution >= 0.6 is 31.9 Å². The minimum atomic E-state index is -0.0408. The summed E-state index contributed by atoms with van der Waals surface area (Å²) in [6, 6.07) is 7.39. The number of hydrogen-bond donors (Lipinski definition) is 1. The summed E-state index contributed by atoms with van der Waals surface area (Å²) in [5, 5.41) is 0. The van der Waals surface area contributed by atoms with Crippen LogP contribution in [-0.4, -0.2) is 12.1 Å². The number of pyridine rings is 1. The first-order valence-electron chi connectivity index (χ1n) is 6.47. The highest BCUT2D eigenvalue weighted by atomic mass is 79.9. The van der Waals surface area contributed by atoms with Gasteiger partial charge in [-0.05, 0) is 62.5 Å². The van der Waals surface area contributed by atoms with Crippen molar-refractivity contribution in [1.82, 2.24) is 4.98 Å². The first-order chi connectivity index (χ1) is 10.0. The van der Waals surface area contributed by atoms with E-state index in [0.29, 0.717) is 11.5 Å². The molecule has 0 saturated carbocycles. The minimum absolute atomic E-state index is 0.0408. The van der Waals surface area contributed by atoms with E-state index in [9.17, 15) is 0 Å². The van der Waals surface area contributed by atoms with Gasteiger partial charge in [0.2, 0.25) is 0 Å². The molecule has 4 nitrogen and oxygen atoms in total. The number of rotatable bonds is 5. The van der Waals surface area contributed by atoms with Crippen molar-refractivity contribution in [3.8, 4) is 17.2 Å². The van der Waals surface area contributed by atoms with E-state index in [0.717, 1.165) is 26.8 Å². The number of halogens is 2. The maximum atomic E-state index is 5.94. The molecule has 2 N–H and O–H groups in total. The predicted octanol–water partition coefficient (Wildman–Crippen LogP) is 4.82. The van der Waals surface area contributed by atoms with Crippen LogP contribution in [0, 0.1) is 0 Å². The Bertz CT molecular complexity index is 618. The maximum Gasteiger partial charge on any atom is 0.145 e. The van der Waals surface area contributed by atoms with Crippen LogP contribution in [0.15, 0.2) is 39.4 Å². The number of hydrogen-bond acceptors (Lipinski definition) is 4. The number of ether oxygens (including phenoxy) is 2. The molecule has 1 aromatic carbocycles. The number of nitrogens with two attached hydrogens (primary N) is 1. The fraction of sp³-hybridized carbons (Fsp3) is 0.267. The zero-order chi connectivity index (χ0) is 15.4. The molecule has 0 aliphatic rings. The fourth-order valence-electron chi connectivity index (χ4n) is 1.75. The first-order valence-corrected chi connectivity index (χ1v) is 8.06. The summed E-state index contributed by atoms with van der Waals surface area (Å²) in [6.07, 6.45) is 2.53. The summed E-state index contributed by atoms with van der Waals surface area (Å²) in [5.74, 6) is 2.06. The van der Waals surface area contributed by atoms with E-state index >= 15 is 0 Å². The van der Waals surface area contributed by atoms with Gasteiger partial charge in [-0.15, -0.1) is 0 Å². The van der Waals surface area contributed by atoms with Gasteiger partial charge in [-0.1, -0.05) is 6.92 Å². The minimum Gasteiger partial charge on any atom is -0.496 e. The summed E-state index contributed by atoms with van der Waals surface area (Å²) in [4.78, 5) is 4.33. The smallest absolute Gasteiger partial charge is 0.145 e. The van der Waals surface area contributed by atoms with Gasteiger partial charge in [-0.25, -0.2) is 0 Å². The normalized spacial score (nSPS) is 12.0. The fourth-order valence-corrected chi connectivity index (χ4v) is 2.64. The average molecular weight is 416 g/mol. The largest absolute Gasteiger partial charge is 0.496 e. The van der Waals surface area contributed by atoms with Crippen LogP contribution in [-0.2, 0) is 0 Å². The van der Waals surface area contributed by atoms with Gasteiger partial charge in [-0.2, -0.15) is 0 Å². The summed E-state index contributed by atoms with van der Waals surface area (Å²) >= 11 is 6.90. The van der Waals surface area contributed by atoms with Crippen molar-refractivity contribution in [3.05, 3.63) is 45.1 Å². The molecule has 1 heterocycles. The summed E-state index contributed by atoms with van der Waals surface area (Å²) in [5.41, 5.74) is 6.80. The number of nitrogens with zero attached hydrogens (tertiary/aromatic N) is 1. The molecule has 1 atom stereocenters. The maximum absolute atomic E-state index is 5.94. The molecule has 0 amide bonds. The molecule has 6 heteroatoms. The molecule has 0 aliphatic carbocycles. The topological polar surface area (TPSA) is 57.4 Å². The second kappa shape index (κ2) is 7.24. The summed E-state index contributed by atoms with van der Waals surface area (Å²) in [6.45, 7) is 2.03. The predicted molar refractivity (Wildman–Crippen MR) is 89.9 cm³/mol. The van der Waals surface area contributed by atoms with Crippen LogP contribution in [0.4, 0.5) is 0 Å². The quantitative estimate of drug-likeness (QED) is 0.760. The second-order valence-corrected chi connectivity index (χ2v) is 6.16. The van der Waals surface area contributed by atoms with Crippen molar-refractivity contribution < 1.29 is 9.47 Å². The van der Waals surface area contributed by atoms with E-state index in [1.54, 1.807) is 13.3 Å². The van der Waals surface area contributed by atoms with Crippen LogP contribution in [0.2, 0.25) is 0 Å². The van der Waals surface area contributed by atoms with Crippen molar-refractivity contribution in [2.24, 2.45) is 5.73 Å². The Balaban J connectivity index is 2.20. The third-order valence-corrected chi connectivity index (χ3v) is 4.25. The molecule has 21 heavy (non-hydrogen) atoms. The molecule has 0 saturated heterocycles. The third-order valence-electron chi connectivity index (χ3n) is 3.01. The highest BCUT2D eigenvalue weighted by Gasteiger charge is 2.10. The Labute approximate surface area is 140 Å². The Hall–Kier alpha value is -1.11. The van der Waals surface area contributed by atoms with E-state index in [-0.39, 0.29) is 6.04 Å². The van der Waals surface area contributed by atoms with Crippen LogP contribution < -0.4 is 15.2 Å². The Morgan fingerprint density at radius 1 is 1.19 bits per heavy atom. The van der Waals surface area contributed by atoms with Gasteiger partial charge in [0.1, 0.15) is 17.2 Å². The monoisotopic (exact) mass is 414 g/mol. The van der Waals surface area contributed by atoms with Gasteiger partial charge < -0.3 is 15.2 Å². The molecular weight excluding hydrogens is 400 g/mol. The second-order valence-electron chi connectivity index (χ2n) is 4.45. The molecule has 1 aromatic heterocycles. The number of methoxy groups -OCH3 is 1. The molecule has 1 unspecified atom stereocenters. The zero-order valence-electron chi connectivity index (χ0n) is 11.8. The van der Waals surface area contributed by atoms with E-state index in [1.807, 2.05) is 31.2 Å². The van der Waals surface area contributed by atoms with E-state index in [4.69, 9.17) is 15.2 Å². The van der Waals surface area contributed by atoms with Crippen molar-refractivity contribution in [2.75, 3.05) is 7.11 Å². The first kappa shape index (κ1) is 16.3. The molecular formula is C15H16Br2N2O2. The van der Waals surface area contributed by atoms with Gasteiger partial charge in [-0.3, -0.25) is 4.98 Å². The third kappa shape index (κ3) is 3.96. The van der Waals surface area contributed by atoms with E-state index in [1.165, 1.54) is 0 Å². The van der Waals surface area contributed by atoms with Gasteiger partial charge in [0, 0.05) is 6.04 Å². The van der Waals surface area contributed by atoms with Crippen molar-refractivity contribution in [2.45, 2.75) is 19.4 Å². The highest BCUT2D eigenvalue weighted by Crippen LogP contribution is 2.38. The van der Waals surface area contributed by atoms with Crippen molar-refractivity contribution >= 4 is 31.9 Å². The lowest BCUT2D eigenvalue weighted by Crippen LogP contribution is -2.10. The van der Waals surface area contributed by atoms with Crippen LogP contribution in [0.25, 0.3) is 0 Å². The van der Waals surface area contributed by atoms with Crippen LogP contribution in [0.5, 0.6) is 17.2 Å². The van der Waals surface area contributed by atoms with Crippen molar-refractivity contribution in [1.29, 1.82) is 0 Å². The van der Waals surface area contributed by atoms with E-state index in [2.05, 4.69) is 36.8 Å².